The van der Waals surface area contributed by atoms with Gasteiger partial charge in [-0.15, -0.1) is 0 Å². The molecule has 1 N–H and O–H groups in total. The molecule has 19 heavy (non-hydrogen) atoms. The number of hydrogen-bond donors (Lipinski definition) is 1. The first-order valence-electron chi connectivity index (χ1n) is 5.44. The number of halogens is 3. The van der Waals surface area contributed by atoms with Crippen molar-refractivity contribution < 1.29 is 13.2 Å². The minimum atomic E-state index is -4.47. The van der Waals surface area contributed by atoms with E-state index in [2.05, 4.69) is 25.4 Å². The number of nitrogens with zero attached hydrogens (tertiary/aromatic N) is 5. The van der Waals surface area contributed by atoms with Crippen molar-refractivity contribution in [3.05, 3.63) is 30.1 Å². The molecular weight excluding hydrogens is 261 g/mol. The van der Waals surface area contributed by atoms with Crippen LogP contribution < -0.4 is 5.32 Å². The van der Waals surface area contributed by atoms with Gasteiger partial charge in [-0.05, 0) is 6.07 Å². The number of nitrogens with one attached hydrogen (secondary N) is 1. The van der Waals surface area contributed by atoms with Gasteiger partial charge in [-0.25, -0.2) is 15.0 Å². The van der Waals surface area contributed by atoms with Crippen LogP contribution in [-0.4, -0.2) is 31.3 Å². The average molecular weight is 272 g/mol. The molecule has 2 heterocycles. The lowest BCUT2D eigenvalue weighted by molar-refractivity contribution is -0.141. The second kappa shape index (κ2) is 5.21. The van der Waals surface area contributed by atoms with Crippen LogP contribution in [0.4, 0.5) is 19.1 Å². The Morgan fingerprint density at radius 2 is 2.11 bits per heavy atom. The zero-order chi connectivity index (χ0) is 13.9. The van der Waals surface area contributed by atoms with Crippen molar-refractivity contribution in [2.45, 2.75) is 12.6 Å². The molecule has 0 aliphatic heterocycles. The van der Waals surface area contributed by atoms with Gasteiger partial charge in [0.25, 0.3) is 0 Å². The molecule has 2 aromatic rings. The van der Waals surface area contributed by atoms with E-state index in [-0.39, 0.29) is 5.95 Å². The summed E-state index contributed by atoms with van der Waals surface area (Å²) in [7, 11) is 1.74. The van der Waals surface area contributed by atoms with Crippen LogP contribution in [-0.2, 0) is 19.6 Å². The number of rotatable bonds is 4. The number of anilines is 1. The molecule has 0 spiro atoms. The fourth-order valence-corrected chi connectivity index (χ4v) is 1.39. The lowest BCUT2D eigenvalue weighted by Crippen LogP contribution is -2.13. The van der Waals surface area contributed by atoms with Crippen LogP contribution in [0.3, 0.4) is 0 Å². The summed E-state index contributed by atoms with van der Waals surface area (Å²) in [5, 5.41) is 6.75. The molecule has 0 saturated carbocycles. The molecule has 0 aliphatic carbocycles. The van der Waals surface area contributed by atoms with Gasteiger partial charge >= 0.3 is 6.18 Å². The predicted octanol–water partition coefficient (Wildman–Crippen LogP) is 1.28. The smallest absolute Gasteiger partial charge is 0.354 e. The van der Waals surface area contributed by atoms with E-state index in [1.807, 2.05) is 0 Å². The molecule has 0 amide bonds. The van der Waals surface area contributed by atoms with Crippen LogP contribution in [0.2, 0.25) is 0 Å². The Morgan fingerprint density at radius 1 is 1.32 bits per heavy atom. The molecule has 102 valence electrons. The van der Waals surface area contributed by atoms with E-state index in [9.17, 15) is 13.2 Å². The van der Waals surface area contributed by atoms with Gasteiger partial charge < -0.3 is 5.32 Å². The standard InChI is InChI=1S/C10H11F3N6/c1-19-6-16-8(18-19)3-5-15-9-14-4-2-7(17-9)10(11,12)13/h2,4,6H,3,5H2,1H3,(H,14,15,17). The van der Waals surface area contributed by atoms with Gasteiger partial charge in [0.05, 0.1) is 0 Å². The summed E-state index contributed by atoms with van der Waals surface area (Å²) in [6.45, 7) is 0.353. The van der Waals surface area contributed by atoms with Crippen molar-refractivity contribution in [3.8, 4) is 0 Å². The molecule has 0 unspecified atom stereocenters. The van der Waals surface area contributed by atoms with Crippen LogP contribution >= 0.6 is 0 Å². The molecule has 2 aromatic heterocycles. The van der Waals surface area contributed by atoms with E-state index in [0.717, 1.165) is 12.3 Å². The van der Waals surface area contributed by atoms with Crippen LogP contribution in [0.25, 0.3) is 0 Å². The molecule has 0 radical (unpaired) electrons. The molecule has 6 nitrogen and oxygen atoms in total. The minimum Gasteiger partial charge on any atom is -0.354 e. The highest BCUT2D eigenvalue weighted by atomic mass is 19.4. The summed E-state index contributed by atoms with van der Waals surface area (Å²) in [4.78, 5) is 11.1. The Balaban J connectivity index is 1.93. The fraction of sp³-hybridized carbons (Fsp3) is 0.400. The Kier molecular flexibility index (Phi) is 3.63. The first-order valence-corrected chi connectivity index (χ1v) is 5.44. The second-order valence-corrected chi connectivity index (χ2v) is 3.77. The van der Waals surface area contributed by atoms with Crippen LogP contribution in [0.1, 0.15) is 11.5 Å². The molecule has 0 aromatic carbocycles. The summed E-state index contributed by atoms with van der Waals surface area (Å²) in [5.74, 6) is 0.535. The zero-order valence-corrected chi connectivity index (χ0v) is 10.0. The lowest BCUT2D eigenvalue weighted by Gasteiger charge is -2.07. The van der Waals surface area contributed by atoms with Gasteiger partial charge in [-0.2, -0.15) is 18.3 Å². The van der Waals surface area contributed by atoms with Crippen LogP contribution in [0.15, 0.2) is 18.6 Å². The van der Waals surface area contributed by atoms with Crippen LogP contribution in [0.5, 0.6) is 0 Å². The highest BCUT2D eigenvalue weighted by molar-refractivity contribution is 5.26. The number of aromatic nitrogens is 5. The van der Waals surface area contributed by atoms with Crippen molar-refractivity contribution in [1.29, 1.82) is 0 Å². The van der Waals surface area contributed by atoms with Gasteiger partial charge in [-0.3, -0.25) is 4.68 Å². The molecule has 0 saturated heterocycles. The summed E-state index contributed by atoms with van der Waals surface area (Å²) in [6, 6.07) is 0.825. The monoisotopic (exact) mass is 272 g/mol. The Bertz CT molecular complexity index is 550. The third-order valence-electron chi connectivity index (χ3n) is 2.22. The molecule has 9 heteroatoms. The largest absolute Gasteiger partial charge is 0.433 e. The van der Waals surface area contributed by atoms with E-state index in [1.54, 1.807) is 18.1 Å². The average Bonchev–Trinajstić information content (AvgIpc) is 2.74. The van der Waals surface area contributed by atoms with E-state index in [1.165, 1.54) is 0 Å². The Hall–Kier alpha value is -2.19. The number of alkyl halides is 3. The SMILES string of the molecule is Cn1cnc(CCNc2nccc(C(F)(F)F)n2)n1. The summed E-state index contributed by atoms with van der Waals surface area (Å²) in [5.41, 5.74) is -0.971. The molecule has 0 aliphatic rings. The summed E-state index contributed by atoms with van der Waals surface area (Å²) in [6.07, 6.45) is -1.38. The van der Waals surface area contributed by atoms with Gasteiger partial charge in [0.2, 0.25) is 5.95 Å². The van der Waals surface area contributed by atoms with Crippen molar-refractivity contribution in [3.63, 3.8) is 0 Å². The normalized spacial score (nSPS) is 11.6. The van der Waals surface area contributed by atoms with Crippen molar-refractivity contribution >= 4 is 5.95 Å². The van der Waals surface area contributed by atoms with Gasteiger partial charge in [0, 0.05) is 26.2 Å². The highest BCUT2D eigenvalue weighted by Gasteiger charge is 2.32. The van der Waals surface area contributed by atoms with Gasteiger partial charge in [0.15, 0.2) is 5.82 Å². The lowest BCUT2D eigenvalue weighted by atomic mass is 10.4. The second-order valence-electron chi connectivity index (χ2n) is 3.77. The molecule has 0 fully saturated rings. The van der Waals surface area contributed by atoms with Crippen molar-refractivity contribution in [2.24, 2.45) is 7.05 Å². The Labute approximate surface area is 106 Å². The quantitative estimate of drug-likeness (QED) is 0.908. The predicted molar refractivity (Wildman–Crippen MR) is 60.2 cm³/mol. The maximum absolute atomic E-state index is 12.4. The molecular formula is C10H11F3N6. The van der Waals surface area contributed by atoms with E-state index >= 15 is 0 Å². The van der Waals surface area contributed by atoms with Crippen LogP contribution in [0, 0.1) is 0 Å². The van der Waals surface area contributed by atoms with Crippen molar-refractivity contribution in [2.75, 3.05) is 11.9 Å². The van der Waals surface area contributed by atoms with Crippen molar-refractivity contribution in [1.82, 2.24) is 24.7 Å². The molecule has 2 rings (SSSR count). The van der Waals surface area contributed by atoms with E-state index < -0.39 is 11.9 Å². The van der Waals surface area contributed by atoms with Gasteiger partial charge in [0.1, 0.15) is 12.0 Å². The third kappa shape index (κ3) is 3.63. The maximum atomic E-state index is 12.4. The third-order valence-corrected chi connectivity index (χ3v) is 2.22. The first kappa shape index (κ1) is 13.2. The minimum absolute atomic E-state index is 0.0641. The first-order chi connectivity index (χ1) is 8.95. The summed E-state index contributed by atoms with van der Waals surface area (Å²) < 4.78 is 38.8. The van der Waals surface area contributed by atoms with E-state index in [4.69, 9.17) is 0 Å². The fourth-order valence-electron chi connectivity index (χ4n) is 1.39. The number of hydrogen-bond acceptors (Lipinski definition) is 5. The Morgan fingerprint density at radius 3 is 2.74 bits per heavy atom. The molecule has 0 atom stereocenters. The maximum Gasteiger partial charge on any atom is 0.433 e. The molecule has 0 bridgehead atoms. The summed E-state index contributed by atoms with van der Waals surface area (Å²) >= 11 is 0. The van der Waals surface area contributed by atoms with E-state index in [0.29, 0.717) is 18.8 Å². The highest BCUT2D eigenvalue weighted by Crippen LogP contribution is 2.27. The topological polar surface area (TPSA) is 68.5 Å². The number of aryl methyl sites for hydroxylation is 1. The zero-order valence-electron chi connectivity index (χ0n) is 10.0. The van der Waals surface area contributed by atoms with Gasteiger partial charge in [-0.1, -0.05) is 0 Å².